The lowest BCUT2D eigenvalue weighted by Crippen LogP contribution is -2.14. The molecular formula is C15H13N7O2S. The maximum absolute atomic E-state index is 8.65. The van der Waals surface area contributed by atoms with Crippen molar-refractivity contribution in [2.75, 3.05) is 0 Å². The van der Waals surface area contributed by atoms with E-state index in [9.17, 15) is 0 Å². The van der Waals surface area contributed by atoms with E-state index in [1.54, 1.807) is 36.8 Å². The average Bonchev–Trinajstić information content (AvgIpc) is 3.17. The van der Waals surface area contributed by atoms with Crippen molar-refractivity contribution in [1.29, 1.82) is 0 Å². The molecule has 126 valence electrons. The molecule has 3 aromatic rings. The normalized spacial score (nSPS) is 12.3. The van der Waals surface area contributed by atoms with Crippen LogP contribution in [0.5, 0.6) is 0 Å². The topological polar surface area (TPSA) is 156 Å². The number of aromatic nitrogens is 3. The van der Waals surface area contributed by atoms with Gasteiger partial charge in [0.25, 0.3) is 0 Å². The Morgan fingerprint density at radius 2 is 1.36 bits per heavy atom. The molecular weight excluding hydrogens is 342 g/mol. The zero-order valence-corrected chi connectivity index (χ0v) is 13.6. The molecule has 3 rings (SSSR count). The minimum atomic E-state index is -0.0526. The Bertz CT molecular complexity index is 857. The summed E-state index contributed by atoms with van der Waals surface area (Å²) in [6.45, 7) is 0. The monoisotopic (exact) mass is 355 g/mol. The van der Waals surface area contributed by atoms with Gasteiger partial charge in [0.2, 0.25) is 0 Å². The molecule has 0 amide bonds. The van der Waals surface area contributed by atoms with E-state index in [1.165, 1.54) is 11.3 Å². The Hall–Kier alpha value is -3.53. The smallest absolute Gasteiger partial charge is 0.188 e. The summed E-state index contributed by atoms with van der Waals surface area (Å²) in [5.74, 6) is -0.100. The van der Waals surface area contributed by atoms with E-state index < -0.39 is 0 Å². The minimum absolute atomic E-state index is 0.0478. The summed E-state index contributed by atoms with van der Waals surface area (Å²) in [6.07, 6.45) is 4.97. The molecule has 0 fully saturated rings. The van der Waals surface area contributed by atoms with E-state index in [1.807, 2.05) is 6.07 Å². The molecule has 3 aromatic heterocycles. The summed E-state index contributed by atoms with van der Waals surface area (Å²) in [5.41, 5.74) is 13.4. The Labute approximate surface area is 146 Å². The molecule has 10 heteroatoms. The highest BCUT2D eigenvalue weighted by Gasteiger charge is 2.09. The van der Waals surface area contributed by atoms with Gasteiger partial charge in [0.1, 0.15) is 16.4 Å². The first-order valence-corrected chi connectivity index (χ1v) is 7.78. The van der Waals surface area contributed by atoms with Gasteiger partial charge in [-0.25, -0.2) is 4.98 Å². The Morgan fingerprint density at radius 3 is 1.84 bits per heavy atom. The molecule has 0 bridgehead atoms. The first-order chi connectivity index (χ1) is 12.1. The van der Waals surface area contributed by atoms with Crippen molar-refractivity contribution in [3.63, 3.8) is 0 Å². The van der Waals surface area contributed by atoms with Gasteiger partial charge in [-0.15, -0.1) is 11.3 Å². The van der Waals surface area contributed by atoms with Crippen LogP contribution in [0, 0.1) is 0 Å². The molecule has 3 heterocycles. The number of hydrogen-bond donors (Lipinski definition) is 4. The molecule has 6 N–H and O–H groups in total. The molecule has 0 spiro atoms. The number of nitrogens with two attached hydrogens (primary N) is 2. The van der Waals surface area contributed by atoms with Crippen LogP contribution in [-0.2, 0) is 0 Å². The van der Waals surface area contributed by atoms with E-state index in [0.29, 0.717) is 11.4 Å². The van der Waals surface area contributed by atoms with Gasteiger partial charge >= 0.3 is 0 Å². The van der Waals surface area contributed by atoms with Gasteiger partial charge < -0.3 is 21.9 Å². The molecule has 9 nitrogen and oxygen atoms in total. The van der Waals surface area contributed by atoms with E-state index >= 15 is 0 Å². The second kappa shape index (κ2) is 6.93. The fraction of sp³-hybridized carbons (Fsp3) is 0. The third-order valence-electron chi connectivity index (χ3n) is 3.30. The molecule has 0 aliphatic heterocycles. The van der Waals surface area contributed by atoms with E-state index in [4.69, 9.17) is 21.9 Å². The van der Waals surface area contributed by atoms with Crippen molar-refractivity contribution in [2.45, 2.75) is 0 Å². The predicted molar refractivity (Wildman–Crippen MR) is 93.6 cm³/mol. The average molecular weight is 355 g/mol. The Morgan fingerprint density at radius 1 is 0.800 bits per heavy atom. The van der Waals surface area contributed by atoms with Crippen molar-refractivity contribution < 1.29 is 10.4 Å². The largest absolute Gasteiger partial charge is 0.409 e. The second-order valence-corrected chi connectivity index (χ2v) is 5.90. The van der Waals surface area contributed by atoms with E-state index in [0.717, 1.165) is 21.0 Å². The predicted octanol–water partition coefficient (Wildman–Crippen LogP) is 1.46. The van der Waals surface area contributed by atoms with Gasteiger partial charge in [0, 0.05) is 29.7 Å². The number of nitrogens with zero attached hydrogens (tertiary/aromatic N) is 5. The summed E-state index contributed by atoms with van der Waals surface area (Å²) >= 11 is 1.47. The lowest BCUT2D eigenvalue weighted by Gasteiger charge is -2.00. The van der Waals surface area contributed by atoms with Crippen LogP contribution in [0.25, 0.3) is 21.0 Å². The third kappa shape index (κ3) is 3.38. The van der Waals surface area contributed by atoms with E-state index in [-0.39, 0.29) is 11.7 Å². The fourth-order valence-corrected chi connectivity index (χ4v) is 2.90. The van der Waals surface area contributed by atoms with Gasteiger partial charge in [0.05, 0.1) is 4.88 Å². The Kier molecular flexibility index (Phi) is 4.53. The van der Waals surface area contributed by atoms with E-state index in [2.05, 4.69) is 25.3 Å². The zero-order valence-electron chi connectivity index (χ0n) is 12.7. The van der Waals surface area contributed by atoms with Gasteiger partial charge in [-0.1, -0.05) is 10.3 Å². The summed E-state index contributed by atoms with van der Waals surface area (Å²) < 4.78 is 0. The quantitative estimate of drug-likeness (QED) is 0.239. The number of oxime groups is 2. The van der Waals surface area contributed by atoms with Crippen LogP contribution in [-0.4, -0.2) is 37.0 Å². The first-order valence-electron chi connectivity index (χ1n) is 6.97. The van der Waals surface area contributed by atoms with Crippen LogP contribution >= 0.6 is 11.3 Å². The van der Waals surface area contributed by atoms with Crippen LogP contribution in [0.1, 0.15) is 11.4 Å². The molecule has 0 aliphatic rings. The van der Waals surface area contributed by atoms with Crippen LogP contribution in [0.2, 0.25) is 0 Å². The number of hydrogen-bond acceptors (Lipinski definition) is 8. The lowest BCUT2D eigenvalue weighted by molar-refractivity contribution is 0.318. The van der Waals surface area contributed by atoms with Crippen LogP contribution in [0.4, 0.5) is 0 Å². The molecule has 0 saturated carbocycles. The van der Waals surface area contributed by atoms with Crippen LogP contribution in [0.3, 0.4) is 0 Å². The second-order valence-electron chi connectivity index (χ2n) is 4.86. The fourth-order valence-electron chi connectivity index (χ4n) is 2.01. The maximum atomic E-state index is 8.65. The molecule has 0 radical (unpaired) electrons. The molecule has 0 aliphatic carbocycles. The third-order valence-corrected chi connectivity index (χ3v) is 4.40. The SMILES string of the molecule is N/C(=N\O)c1ccc(-c2cnc(-c3ccc(/C(N)=N\O)nc3)s2)cn1. The summed E-state index contributed by atoms with van der Waals surface area (Å²) in [6, 6.07) is 6.93. The standard InChI is InChI=1S/C15H13N7O2S/c16-13(21-23)10-3-1-8(5-18-10)12-7-20-15(25-12)9-2-4-11(19-6-9)14(17)22-24/h1-7,23-24H,(H2,16,21)(H2,17,22). The van der Waals surface area contributed by atoms with Crippen molar-refractivity contribution in [2.24, 2.45) is 21.8 Å². The van der Waals surface area contributed by atoms with Gasteiger partial charge in [-0.3, -0.25) is 9.97 Å². The molecule has 0 saturated heterocycles. The van der Waals surface area contributed by atoms with Crippen molar-refractivity contribution in [1.82, 2.24) is 15.0 Å². The highest BCUT2D eigenvalue weighted by Crippen LogP contribution is 2.31. The Balaban J connectivity index is 1.85. The van der Waals surface area contributed by atoms with Gasteiger partial charge in [0.15, 0.2) is 11.7 Å². The maximum Gasteiger partial charge on any atom is 0.188 e. The number of rotatable bonds is 4. The summed E-state index contributed by atoms with van der Waals surface area (Å²) in [5, 5.41) is 23.9. The summed E-state index contributed by atoms with van der Waals surface area (Å²) in [4.78, 5) is 13.6. The zero-order chi connectivity index (χ0) is 17.8. The lowest BCUT2D eigenvalue weighted by atomic mass is 10.2. The van der Waals surface area contributed by atoms with Crippen molar-refractivity contribution in [3.05, 3.63) is 54.2 Å². The number of thiazole rings is 1. The number of pyridine rings is 2. The van der Waals surface area contributed by atoms with Gasteiger partial charge in [-0.05, 0) is 24.3 Å². The highest BCUT2D eigenvalue weighted by molar-refractivity contribution is 7.18. The first kappa shape index (κ1) is 16.3. The van der Waals surface area contributed by atoms with Gasteiger partial charge in [-0.2, -0.15) is 0 Å². The molecule has 0 aromatic carbocycles. The molecule has 25 heavy (non-hydrogen) atoms. The highest BCUT2D eigenvalue weighted by atomic mass is 32.1. The number of amidine groups is 2. The minimum Gasteiger partial charge on any atom is -0.409 e. The van der Waals surface area contributed by atoms with Crippen molar-refractivity contribution >= 4 is 23.0 Å². The molecule has 0 unspecified atom stereocenters. The van der Waals surface area contributed by atoms with Crippen molar-refractivity contribution in [3.8, 4) is 21.0 Å². The summed E-state index contributed by atoms with van der Waals surface area (Å²) in [7, 11) is 0. The molecule has 0 atom stereocenters. The van der Waals surface area contributed by atoms with Crippen LogP contribution in [0.15, 0.2) is 53.2 Å². The van der Waals surface area contributed by atoms with Crippen LogP contribution < -0.4 is 11.5 Å².